The fourth-order valence-corrected chi connectivity index (χ4v) is 3.71. The predicted octanol–water partition coefficient (Wildman–Crippen LogP) is 4.13. The van der Waals surface area contributed by atoms with E-state index in [1.54, 1.807) is 12.1 Å². The average molecular weight is 332 g/mol. The summed E-state index contributed by atoms with van der Waals surface area (Å²) < 4.78 is 13.5. The van der Waals surface area contributed by atoms with E-state index in [1.807, 2.05) is 6.20 Å². The highest BCUT2D eigenvalue weighted by molar-refractivity contribution is 5.83. The molecule has 5 heteroatoms. The lowest BCUT2D eigenvalue weighted by molar-refractivity contribution is -0.137. The van der Waals surface area contributed by atoms with Gasteiger partial charge in [0.1, 0.15) is 5.82 Å². The number of hydrogen-bond acceptors (Lipinski definition) is 2. The molecule has 0 aliphatic carbocycles. The second-order valence-electron chi connectivity index (χ2n) is 6.75. The van der Waals surface area contributed by atoms with Gasteiger partial charge in [-0.25, -0.2) is 4.39 Å². The van der Waals surface area contributed by atoms with E-state index in [9.17, 15) is 9.18 Å². The Hall–Kier alpha value is -1.88. The zero-order valence-electron chi connectivity index (χ0n) is 13.9. The van der Waals surface area contributed by atoms with Crippen LogP contribution in [0.25, 0.3) is 10.9 Å². The number of unbranched alkanes of at least 4 members (excludes halogenated alkanes) is 2. The van der Waals surface area contributed by atoms with Gasteiger partial charge in [0, 0.05) is 23.5 Å². The first-order valence-electron chi connectivity index (χ1n) is 8.84. The third kappa shape index (κ3) is 4.15. The Kier molecular flexibility index (Phi) is 5.51. The second kappa shape index (κ2) is 7.79. The van der Waals surface area contributed by atoms with Crippen molar-refractivity contribution in [3.05, 3.63) is 35.8 Å². The van der Waals surface area contributed by atoms with Crippen molar-refractivity contribution in [3.63, 3.8) is 0 Å². The Labute approximate surface area is 141 Å². The number of nitrogens with zero attached hydrogens (tertiary/aromatic N) is 1. The van der Waals surface area contributed by atoms with Crippen molar-refractivity contribution in [2.24, 2.45) is 0 Å². The lowest BCUT2D eigenvalue weighted by atomic mass is 9.89. The highest BCUT2D eigenvalue weighted by Gasteiger charge is 2.22. The molecule has 2 aromatic rings. The molecule has 0 saturated carbocycles. The molecule has 130 valence electrons. The molecule has 0 unspecified atom stereocenters. The number of nitrogens with one attached hydrogen (secondary N) is 1. The number of carboxylic acids is 1. The number of carboxylic acid groups (broad SMARTS) is 1. The molecule has 1 aliphatic heterocycles. The van der Waals surface area contributed by atoms with Crippen LogP contribution in [0.1, 0.15) is 50.0 Å². The Bertz CT molecular complexity index is 690. The van der Waals surface area contributed by atoms with E-state index in [-0.39, 0.29) is 12.2 Å². The number of rotatable bonds is 7. The summed E-state index contributed by atoms with van der Waals surface area (Å²) in [5, 5.41) is 9.65. The normalized spacial score (nSPS) is 16.7. The number of halogens is 1. The molecular formula is C19H25FN2O2. The summed E-state index contributed by atoms with van der Waals surface area (Å²) in [7, 11) is 0. The van der Waals surface area contributed by atoms with E-state index >= 15 is 0 Å². The summed E-state index contributed by atoms with van der Waals surface area (Å²) in [6.45, 7) is 3.17. The summed E-state index contributed by atoms with van der Waals surface area (Å²) >= 11 is 0. The van der Waals surface area contributed by atoms with Crippen molar-refractivity contribution in [1.82, 2.24) is 9.88 Å². The van der Waals surface area contributed by atoms with Crippen LogP contribution in [0.4, 0.5) is 4.39 Å². The van der Waals surface area contributed by atoms with Crippen LogP contribution in [0.2, 0.25) is 0 Å². The largest absolute Gasteiger partial charge is 0.481 e. The molecule has 1 fully saturated rings. The zero-order valence-corrected chi connectivity index (χ0v) is 13.9. The molecule has 24 heavy (non-hydrogen) atoms. The first-order chi connectivity index (χ1) is 11.6. The number of likely N-dealkylation sites (tertiary alicyclic amines) is 1. The van der Waals surface area contributed by atoms with Crippen molar-refractivity contribution in [1.29, 1.82) is 0 Å². The molecule has 0 radical (unpaired) electrons. The third-order valence-electron chi connectivity index (χ3n) is 5.07. The monoisotopic (exact) mass is 332 g/mol. The van der Waals surface area contributed by atoms with Crippen LogP contribution in [-0.4, -0.2) is 40.6 Å². The molecule has 2 N–H and O–H groups in total. The van der Waals surface area contributed by atoms with E-state index in [1.165, 1.54) is 11.6 Å². The quantitative estimate of drug-likeness (QED) is 0.750. The minimum Gasteiger partial charge on any atom is -0.481 e. The minimum atomic E-state index is -0.703. The summed E-state index contributed by atoms with van der Waals surface area (Å²) in [6.07, 6.45) is 7.32. The van der Waals surface area contributed by atoms with Gasteiger partial charge in [0.15, 0.2) is 0 Å². The number of aliphatic carboxylic acids is 1. The van der Waals surface area contributed by atoms with Gasteiger partial charge >= 0.3 is 5.97 Å². The highest BCUT2D eigenvalue weighted by atomic mass is 19.1. The van der Waals surface area contributed by atoms with Gasteiger partial charge in [0.2, 0.25) is 0 Å². The summed E-state index contributed by atoms with van der Waals surface area (Å²) in [5.74, 6) is -0.392. The van der Waals surface area contributed by atoms with Gasteiger partial charge in [0.05, 0.1) is 0 Å². The van der Waals surface area contributed by atoms with Crippen LogP contribution in [-0.2, 0) is 4.79 Å². The summed E-state index contributed by atoms with van der Waals surface area (Å²) in [6, 6.07) is 4.94. The van der Waals surface area contributed by atoms with E-state index in [0.717, 1.165) is 62.6 Å². The minimum absolute atomic E-state index is 0.179. The maximum Gasteiger partial charge on any atom is 0.303 e. The van der Waals surface area contributed by atoms with Crippen LogP contribution in [0.3, 0.4) is 0 Å². The second-order valence-corrected chi connectivity index (χ2v) is 6.75. The fourth-order valence-electron chi connectivity index (χ4n) is 3.71. The van der Waals surface area contributed by atoms with Crippen LogP contribution in [0, 0.1) is 5.82 Å². The lowest BCUT2D eigenvalue weighted by Crippen LogP contribution is -2.33. The molecule has 0 spiro atoms. The van der Waals surface area contributed by atoms with Crippen LogP contribution < -0.4 is 0 Å². The average Bonchev–Trinajstić information content (AvgIpc) is 2.98. The Morgan fingerprint density at radius 2 is 2.04 bits per heavy atom. The maximum absolute atomic E-state index is 13.5. The van der Waals surface area contributed by atoms with Gasteiger partial charge in [-0.3, -0.25) is 4.79 Å². The van der Waals surface area contributed by atoms with Gasteiger partial charge in [0.25, 0.3) is 0 Å². The molecule has 0 atom stereocenters. The Morgan fingerprint density at radius 3 is 2.79 bits per heavy atom. The third-order valence-corrected chi connectivity index (χ3v) is 5.07. The van der Waals surface area contributed by atoms with E-state index < -0.39 is 5.97 Å². The topological polar surface area (TPSA) is 56.3 Å². The Morgan fingerprint density at radius 1 is 1.25 bits per heavy atom. The number of aromatic amines is 1. The molecule has 2 heterocycles. The molecule has 4 nitrogen and oxygen atoms in total. The van der Waals surface area contributed by atoms with Crippen LogP contribution in [0.15, 0.2) is 24.4 Å². The number of fused-ring (bicyclic) bond motifs is 1. The van der Waals surface area contributed by atoms with E-state index in [2.05, 4.69) is 9.88 Å². The van der Waals surface area contributed by atoms with Gasteiger partial charge in [-0.15, -0.1) is 0 Å². The van der Waals surface area contributed by atoms with Crippen molar-refractivity contribution < 1.29 is 14.3 Å². The fraction of sp³-hybridized carbons (Fsp3) is 0.526. The first-order valence-corrected chi connectivity index (χ1v) is 8.84. The van der Waals surface area contributed by atoms with Crippen molar-refractivity contribution in [2.75, 3.05) is 19.6 Å². The lowest BCUT2D eigenvalue weighted by Gasteiger charge is -2.32. The molecule has 1 saturated heterocycles. The van der Waals surface area contributed by atoms with E-state index in [4.69, 9.17) is 5.11 Å². The molecule has 1 aromatic carbocycles. The number of aromatic nitrogens is 1. The number of benzene rings is 1. The molecule has 1 aromatic heterocycles. The SMILES string of the molecule is O=C(O)CCCCCN1CCC(c2c[nH]c3ccc(F)cc23)CC1. The zero-order chi connectivity index (χ0) is 16.9. The molecular weight excluding hydrogens is 307 g/mol. The van der Waals surface area contributed by atoms with Crippen molar-refractivity contribution in [3.8, 4) is 0 Å². The number of hydrogen-bond donors (Lipinski definition) is 2. The van der Waals surface area contributed by atoms with Crippen molar-refractivity contribution >= 4 is 16.9 Å². The molecule has 0 amide bonds. The van der Waals surface area contributed by atoms with Crippen molar-refractivity contribution in [2.45, 2.75) is 44.4 Å². The number of carbonyl (C=O) groups is 1. The summed E-state index contributed by atoms with van der Waals surface area (Å²) in [4.78, 5) is 16.2. The highest BCUT2D eigenvalue weighted by Crippen LogP contribution is 2.33. The smallest absolute Gasteiger partial charge is 0.303 e. The van der Waals surface area contributed by atoms with Crippen LogP contribution >= 0.6 is 0 Å². The molecule has 0 bridgehead atoms. The van der Waals surface area contributed by atoms with Gasteiger partial charge < -0.3 is 15.0 Å². The number of piperidine rings is 1. The van der Waals surface area contributed by atoms with Crippen LogP contribution in [0.5, 0.6) is 0 Å². The standard InChI is InChI=1S/C19H25FN2O2/c20-15-5-6-18-16(12-15)17(13-21-18)14-7-10-22(11-8-14)9-3-1-2-4-19(23)24/h5-6,12-14,21H,1-4,7-11H2,(H,23,24). The molecule has 1 aliphatic rings. The van der Waals surface area contributed by atoms with Gasteiger partial charge in [-0.1, -0.05) is 6.42 Å². The predicted molar refractivity (Wildman–Crippen MR) is 92.8 cm³/mol. The van der Waals surface area contributed by atoms with Gasteiger partial charge in [-0.2, -0.15) is 0 Å². The first kappa shape index (κ1) is 17.0. The number of H-pyrrole nitrogens is 1. The Balaban J connectivity index is 1.48. The summed E-state index contributed by atoms with van der Waals surface area (Å²) in [5.41, 5.74) is 2.25. The maximum atomic E-state index is 13.5. The van der Waals surface area contributed by atoms with Gasteiger partial charge in [-0.05, 0) is 75.0 Å². The van der Waals surface area contributed by atoms with E-state index in [0.29, 0.717) is 5.92 Å². The molecule has 3 rings (SSSR count).